The minimum atomic E-state index is -4.33. The van der Waals surface area contributed by atoms with Crippen molar-refractivity contribution in [1.82, 2.24) is 5.32 Å². The summed E-state index contributed by atoms with van der Waals surface area (Å²) in [7, 11) is 0. The van der Waals surface area contributed by atoms with Gasteiger partial charge in [-0.15, -0.1) is 0 Å². The molecule has 6 heteroatoms. The van der Waals surface area contributed by atoms with Crippen molar-refractivity contribution >= 4 is 11.7 Å². The zero-order valence-corrected chi connectivity index (χ0v) is 11.7. The Hall–Kier alpha value is -2.11. The Morgan fingerprint density at radius 2 is 2.00 bits per heavy atom. The van der Waals surface area contributed by atoms with Gasteiger partial charge in [0.05, 0.1) is 5.92 Å². The molecule has 0 radical (unpaired) electrons. The number of amidine groups is 1. The fraction of sp³-hybridized carbons (Fsp3) is 0.333. The maximum absolute atomic E-state index is 12.7. The minimum absolute atomic E-state index is 0.0306. The van der Waals surface area contributed by atoms with Gasteiger partial charge >= 0.3 is 6.18 Å². The Labute approximate surface area is 120 Å². The zero-order chi connectivity index (χ0) is 15.6. The monoisotopic (exact) mass is 296 g/mol. The van der Waals surface area contributed by atoms with E-state index in [-0.39, 0.29) is 12.3 Å². The molecule has 3 nitrogen and oxygen atoms in total. The lowest BCUT2D eigenvalue weighted by atomic mass is 10.0. The third-order valence-corrected chi connectivity index (χ3v) is 3.41. The summed E-state index contributed by atoms with van der Waals surface area (Å²) in [6.45, 7) is 3.79. The van der Waals surface area contributed by atoms with Gasteiger partial charge in [-0.3, -0.25) is 4.79 Å². The largest absolute Gasteiger partial charge is 0.395 e. The molecule has 0 aliphatic carbocycles. The Morgan fingerprint density at radius 3 is 2.62 bits per heavy atom. The van der Waals surface area contributed by atoms with E-state index >= 15 is 0 Å². The second kappa shape index (κ2) is 5.71. The van der Waals surface area contributed by atoms with Gasteiger partial charge in [-0.25, -0.2) is 4.99 Å². The fourth-order valence-corrected chi connectivity index (χ4v) is 1.96. The first-order chi connectivity index (χ1) is 9.77. The molecule has 1 heterocycles. The van der Waals surface area contributed by atoms with Gasteiger partial charge in [0.25, 0.3) is 5.91 Å². The summed E-state index contributed by atoms with van der Waals surface area (Å²) in [5.74, 6) is -2.03. The van der Waals surface area contributed by atoms with E-state index < -0.39 is 18.0 Å². The number of carbonyl (C=O) groups excluding carboxylic acids is 1. The molecule has 2 rings (SSSR count). The van der Waals surface area contributed by atoms with Crippen molar-refractivity contribution in [2.45, 2.75) is 26.4 Å². The molecule has 0 saturated carbocycles. The molecule has 0 saturated heterocycles. The number of amides is 1. The van der Waals surface area contributed by atoms with Gasteiger partial charge in [0.2, 0.25) is 0 Å². The van der Waals surface area contributed by atoms with E-state index in [2.05, 4.69) is 10.3 Å². The van der Waals surface area contributed by atoms with E-state index in [9.17, 15) is 18.0 Å². The number of hydrogen-bond acceptors (Lipinski definition) is 2. The molecule has 0 fully saturated rings. The number of aliphatic imine (C=N–C) groups is 1. The lowest BCUT2D eigenvalue weighted by molar-refractivity contribution is -0.159. The van der Waals surface area contributed by atoms with E-state index in [4.69, 9.17) is 0 Å². The summed E-state index contributed by atoms with van der Waals surface area (Å²) in [5.41, 5.74) is 2.39. The predicted molar refractivity (Wildman–Crippen MR) is 74.1 cm³/mol. The average molecular weight is 296 g/mol. The number of carbonyl (C=O) groups is 1. The number of allylic oxidation sites excluding steroid dienone is 1. The van der Waals surface area contributed by atoms with Gasteiger partial charge < -0.3 is 5.32 Å². The number of halogens is 3. The highest BCUT2D eigenvalue weighted by atomic mass is 19.4. The summed E-state index contributed by atoms with van der Waals surface area (Å²) in [4.78, 5) is 15.8. The highest BCUT2D eigenvalue weighted by Crippen LogP contribution is 2.31. The fourth-order valence-electron chi connectivity index (χ4n) is 1.96. The normalized spacial score (nSPS) is 18.3. The molecule has 1 atom stereocenters. The maximum Gasteiger partial charge on any atom is 0.395 e. The molecule has 1 aromatic carbocycles. The van der Waals surface area contributed by atoms with Crippen molar-refractivity contribution in [3.8, 4) is 0 Å². The van der Waals surface area contributed by atoms with Crippen LogP contribution in [0.3, 0.4) is 0 Å². The first-order valence-electron chi connectivity index (χ1n) is 6.46. The van der Waals surface area contributed by atoms with E-state index in [1.165, 1.54) is 0 Å². The maximum atomic E-state index is 12.7. The Kier molecular flexibility index (Phi) is 4.16. The summed E-state index contributed by atoms with van der Waals surface area (Å²) in [5, 5.41) is 2.44. The highest BCUT2D eigenvalue weighted by molar-refractivity contribution is 6.06. The van der Waals surface area contributed by atoms with Crippen molar-refractivity contribution in [2.24, 2.45) is 10.9 Å². The molecule has 1 aromatic rings. The third kappa shape index (κ3) is 3.71. The molecule has 0 spiro atoms. The number of aryl methyl sites for hydroxylation is 2. The topological polar surface area (TPSA) is 41.5 Å². The molecule has 1 amide bonds. The van der Waals surface area contributed by atoms with Gasteiger partial charge in [0.1, 0.15) is 5.84 Å². The van der Waals surface area contributed by atoms with Crippen LogP contribution in [-0.2, 0) is 0 Å². The molecule has 1 unspecified atom stereocenters. The van der Waals surface area contributed by atoms with Crippen LogP contribution in [0.5, 0.6) is 0 Å². The average Bonchev–Trinajstić information content (AvgIpc) is 2.41. The molecular formula is C15H15F3N2O. The molecule has 0 aromatic heterocycles. The second-order valence-corrected chi connectivity index (χ2v) is 5.02. The predicted octanol–water partition coefficient (Wildman–Crippen LogP) is 3.53. The van der Waals surface area contributed by atoms with E-state index in [0.717, 1.165) is 23.4 Å². The standard InChI is InChI=1S/C15H15F3N2O/c1-9-3-4-11(7-10(9)2)14(21)20-13-8-12(5-6-19-13)15(16,17)18/h3-7,12H,8H2,1-2H3,(H,19,20,21). The van der Waals surface area contributed by atoms with Gasteiger partial charge in [-0.2, -0.15) is 13.2 Å². The van der Waals surface area contributed by atoms with Crippen LogP contribution in [0.2, 0.25) is 0 Å². The summed E-state index contributed by atoms with van der Waals surface area (Å²) >= 11 is 0. The van der Waals surface area contributed by atoms with Crippen molar-refractivity contribution in [3.63, 3.8) is 0 Å². The summed E-state index contributed by atoms with van der Waals surface area (Å²) < 4.78 is 38.0. The number of benzene rings is 1. The van der Waals surface area contributed by atoms with E-state index in [1.54, 1.807) is 18.2 Å². The van der Waals surface area contributed by atoms with Crippen LogP contribution in [0, 0.1) is 19.8 Å². The minimum Gasteiger partial charge on any atom is -0.310 e. The lowest BCUT2D eigenvalue weighted by Gasteiger charge is -2.20. The number of nitrogens with one attached hydrogen (secondary N) is 1. The first-order valence-corrected chi connectivity index (χ1v) is 6.46. The Bertz CT molecular complexity index is 618. The summed E-state index contributed by atoms with van der Waals surface area (Å²) in [6, 6.07) is 5.13. The van der Waals surface area contributed by atoms with Crippen LogP contribution < -0.4 is 5.32 Å². The van der Waals surface area contributed by atoms with E-state index in [0.29, 0.717) is 5.56 Å². The van der Waals surface area contributed by atoms with Gasteiger partial charge in [0, 0.05) is 18.2 Å². The van der Waals surface area contributed by atoms with E-state index in [1.807, 2.05) is 13.8 Å². The van der Waals surface area contributed by atoms with Gasteiger partial charge in [-0.1, -0.05) is 12.1 Å². The van der Waals surface area contributed by atoms with Crippen LogP contribution >= 0.6 is 0 Å². The van der Waals surface area contributed by atoms with Crippen LogP contribution in [0.15, 0.2) is 35.5 Å². The number of rotatable bonds is 1. The molecule has 1 N–H and O–H groups in total. The second-order valence-electron chi connectivity index (χ2n) is 5.02. The van der Waals surface area contributed by atoms with Gasteiger partial charge in [0.15, 0.2) is 0 Å². The zero-order valence-electron chi connectivity index (χ0n) is 11.7. The third-order valence-electron chi connectivity index (χ3n) is 3.41. The molecule has 112 valence electrons. The molecule has 0 bridgehead atoms. The lowest BCUT2D eigenvalue weighted by Crippen LogP contribution is -2.36. The van der Waals surface area contributed by atoms with Crippen LogP contribution in [-0.4, -0.2) is 17.9 Å². The van der Waals surface area contributed by atoms with Gasteiger partial charge in [-0.05, 0) is 37.1 Å². The van der Waals surface area contributed by atoms with Crippen molar-refractivity contribution in [2.75, 3.05) is 0 Å². The van der Waals surface area contributed by atoms with Crippen LogP contribution in [0.1, 0.15) is 27.9 Å². The smallest absolute Gasteiger partial charge is 0.310 e. The van der Waals surface area contributed by atoms with Crippen molar-refractivity contribution in [3.05, 3.63) is 47.2 Å². The Balaban J connectivity index is 2.08. The Morgan fingerprint density at radius 1 is 1.29 bits per heavy atom. The molecule has 21 heavy (non-hydrogen) atoms. The SMILES string of the molecule is Cc1ccc(C(=O)NC2=NC=CC(C(F)(F)F)C2)cc1C. The quantitative estimate of drug-likeness (QED) is 0.846. The van der Waals surface area contributed by atoms with Crippen LogP contribution in [0.25, 0.3) is 0 Å². The number of alkyl halides is 3. The molecule has 1 aliphatic heterocycles. The number of nitrogens with zero attached hydrogens (tertiary/aromatic N) is 1. The summed E-state index contributed by atoms with van der Waals surface area (Å²) in [6.07, 6.45) is -2.61. The first kappa shape index (κ1) is 15.3. The molecule has 1 aliphatic rings. The van der Waals surface area contributed by atoms with Crippen LogP contribution in [0.4, 0.5) is 13.2 Å². The van der Waals surface area contributed by atoms with Crippen molar-refractivity contribution < 1.29 is 18.0 Å². The van der Waals surface area contributed by atoms with Crippen molar-refractivity contribution in [1.29, 1.82) is 0 Å². The molecular weight excluding hydrogens is 281 g/mol. The highest BCUT2D eigenvalue weighted by Gasteiger charge is 2.39. The number of hydrogen-bond donors (Lipinski definition) is 1.